The van der Waals surface area contributed by atoms with Gasteiger partial charge < -0.3 is 10.1 Å². The van der Waals surface area contributed by atoms with Gasteiger partial charge in [-0.2, -0.15) is 18.3 Å². The number of nitrogens with zero attached hydrogens (tertiary/aromatic N) is 2. The van der Waals surface area contributed by atoms with Gasteiger partial charge in [0.25, 0.3) is 5.91 Å². The highest BCUT2D eigenvalue weighted by Gasteiger charge is 2.38. The Balaban J connectivity index is 1.85. The molecule has 0 unspecified atom stereocenters. The SMILES string of the molecule is C[C@H](Oc1nncc2cc(NC(=O)c3ccccc3)ccc12)C(F)(F)F. The highest BCUT2D eigenvalue weighted by molar-refractivity contribution is 6.05. The average Bonchev–Trinajstić information content (AvgIpc) is 2.61. The van der Waals surface area contributed by atoms with E-state index in [1.165, 1.54) is 12.3 Å². The second kappa shape index (κ2) is 6.99. The predicted molar refractivity (Wildman–Crippen MR) is 90.1 cm³/mol. The van der Waals surface area contributed by atoms with E-state index in [0.717, 1.165) is 6.92 Å². The highest BCUT2D eigenvalue weighted by atomic mass is 19.4. The molecule has 0 aliphatic heterocycles. The first-order valence-corrected chi connectivity index (χ1v) is 7.70. The predicted octanol–water partition coefficient (Wildman–Crippen LogP) is 4.21. The largest absolute Gasteiger partial charge is 0.463 e. The zero-order valence-electron chi connectivity index (χ0n) is 13.6. The van der Waals surface area contributed by atoms with Crippen LogP contribution in [0.5, 0.6) is 5.88 Å². The number of alkyl halides is 3. The molecule has 3 aromatic rings. The second-order valence-electron chi connectivity index (χ2n) is 5.57. The van der Waals surface area contributed by atoms with Crippen LogP contribution in [-0.2, 0) is 0 Å². The van der Waals surface area contributed by atoms with Crippen molar-refractivity contribution in [3.63, 3.8) is 0 Å². The van der Waals surface area contributed by atoms with Crippen LogP contribution < -0.4 is 10.1 Å². The molecule has 5 nitrogen and oxygen atoms in total. The molecule has 1 N–H and O–H groups in total. The summed E-state index contributed by atoms with van der Waals surface area (Å²) in [7, 11) is 0. The zero-order chi connectivity index (χ0) is 18.7. The molecule has 0 saturated carbocycles. The van der Waals surface area contributed by atoms with Gasteiger partial charge in [0.05, 0.1) is 6.20 Å². The summed E-state index contributed by atoms with van der Waals surface area (Å²) in [5, 5.41) is 10.9. The standard InChI is InChI=1S/C18H14F3N3O2/c1-11(18(19,20)21)26-17-15-8-7-14(9-13(15)10-22-24-17)23-16(25)12-5-3-2-4-6-12/h2-11H,1H3,(H,23,25)/t11-/m0/s1. The molecule has 1 amide bonds. The summed E-state index contributed by atoms with van der Waals surface area (Å²) < 4.78 is 42.9. The van der Waals surface area contributed by atoms with Gasteiger partial charge in [-0.25, -0.2) is 0 Å². The van der Waals surface area contributed by atoms with Gasteiger partial charge in [-0.15, -0.1) is 5.10 Å². The average molecular weight is 361 g/mol. The van der Waals surface area contributed by atoms with E-state index in [0.29, 0.717) is 22.0 Å². The van der Waals surface area contributed by atoms with Gasteiger partial charge in [0.1, 0.15) is 0 Å². The molecule has 3 rings (SSSR count). The molecule has 2 aromatic carbocycles. The Morgan fingerprint density at radius 1 is 1.15 bits per heavy atom. The van der Waals surface area contributed by atoms with Crippen LogP contribution in [0, 0.1) is 0 Å². The number of nitrogens with one attached hydrogen (secondary N) is 1. The topological polar surface area (TPSA) is 64.1 Å². The third-order valence-corrected chi connectivity index (χ3v) is 3.67. The summed E-state index contributed by atoms with van der Waals surface area (Å²) in [5.74, 6) is -0.512. The molecule has 134 valence electrons. The van der Waals surface area contributed by atoms with Crippen molar-refractivity contribution in [3.05, 3.63) is 60.3 Å². The monoisotopic (exact) mass is 361 g/mol. The molecular weight excluding hydrogens is 347 g/mol. The third-order valence-electron chi connectivity index (χ3n) is 3.67. The maximum absolute atomic E-state index is 12.7. The molecule has 0 saturated heterocycles. The first-order valence-electron chi connectivity index (χ1n) is 7.70. The van der Waals surface area contributed by atoms with Crippen LogP contribution in [0.2, 0.25) is 0 Å². The number of halogens is 3. The number of fused-ring (bicyclic) bond motifs is 1. The Labute approximate surface area is 146 Å². The van der Waals surface area contributed by atoms with Crippen molar-refractivity contribution in [2.24, 2.45) is 0 Å². The lowest BCUT2D eigenvalue weighted by atomic mass is 10.1. The van der Waals surface area contributed by atoms with Crippen LogP contribution in [0.3, 0.4) is 0 Å². The molecule has 0 bridgehead atoms. The Hall–Kier alpha value is -3.16. The van der Waals surface area contributed by atoms with Gasteiger partial charge in [0.15, 0.2) is 6.10 Å². The Kier molecular flexibility index (Phi) is 4.75. The molecule has 0 aliphatic rings. The molecule has 0 radical (unpaired) electrons. The van der Waals surface area contributed by atoms with Gasteiger partial charge in [0.2, 0.25) is 5.88 Å². The second-order valence-corrected chi connectivity index (χ2v) is 5.57. The van der Waals surface area contributed by atoms with Gasteiger partial charge in [-0.3, -0.25) is 4.79 Å². The van der Waals surface area contributed by atoms with Crippen molar-refractivity contribution in [1.82, 2.24) is 10.2 Å². The summed E-state index contributed by atoms with van der Waals surface area (Å²) in [6.07, 6.45) is -5.13. The molecule has 1 atom stereocenters. The number of ether oxygens (including phenoxy) is 1. The smallest absolute Gasteiger partial charge is 0.425 e. The van der Waals surface area contributed by atoms with Gasteiger partial charge in [-0.05, 0) is 37.3 Å². The fraction of sp³-hybridized carbons (Fsp3) is 0.167. The lowest BCUT2D eigenvalue weighted by Crippen LogP contribution is -2.31. The number of anilines is 1. The highest BCUT2D eigenvalue weighted by Crippen LogP contribution is 2.29. The van der Waals surface area contributed by atoms with E-state index in [9.17, 15) is 18.0 Å². The van der Waals surface area contributed by atoms with Gasteiger partial charge in [0, 0.05) is 22.0 Å². The Morgan fingerprint density at radius 2 is 1.88 bits per heavy atom. The van der Waals surface area contributed by atoms with E-state index < -0.39 is 12.3 Å². The Bertz CT molecular complexity index is 930. The number of aromatic nitrogens is 2. The minimum absolute atomic E-state index is 0.215. The number of carbonyl (C=O) groups is 1. The van der Waals surface area contributed by atoms with Gasteiger partial charge >= 0.3 is 6.18 Å². The minimum Gasteiger partial charge on any atom is -0.463 e. The molecular formula is C18H14F3N3O2. The van der Waals surface area contributed by atoms with Crippen LogP contribution in [0.15, 0.2) is 54.7 Å². The van der Waals surface area contributed by atoms with Crippen LogP contribution in [0.4, 0.5) is 18.9 Å². The van der Waals surface area contributed by atoms with E-state index in [2.05, 4.69) is 15.5 Å². The number of carbonyl (C=O) groups excluding carboxylic acids is 1. The zero-order valence-corrected chi connectivity index (χ0v) is 13.6. The van der Waals surface area contributed by atoms with Crippen LogP contribution in [-0.4, -0.2) is 28.4 Å². The molecule has 1 aromatic heterocycles. The summed E-state index contributed by atoms with van der Waals surface area (Å²) in [5.41, 5.74) is 0.970. The maximum Gasteiger partial charge on any atom is 0.425 e. The van der Waals surface area contributed by atoms with E-state index in [4.69, 9.17) is 4.74 Å². The molecule has 0 spiro atoms. The molecule has 0 aliphatic carbocycles. The minimum atomic E-state index is -4.51. The Morgan fingerprint density at radius 3 is 2.58 bits per heavy atom. The number of amides is 1. The van der Waals surface area contributed by atoms with E-state index in [1.54, 1.807) is 42.5 Å². The normalized spacial score (nSPS) is 12.6. The summed E-state index contributed by atoms with van der Waals surface area (Å²) in [6, 6.07) is 13.3. The quantitative estimate of drug-likeness (QED) is 0.756. The van der Waals surface area contributed by atoms with Gasteiger partial charge in [-0.1, -0.05) is 18.2 Å². The lowest BCUT2D eigenvalue weighted by Gasteiger charge is -2.17. The van der Waals surface area contributed by atoms with Crippen molar-refractivity contribution >= 4 is 22.4 Å². The first-order chi connectivity index (χ1) is 12.3. The first kappa shape index (κ1) is 17.7. The number of hydrogen-bond acceptors (Lipinski definition) is 4. The lowest BCUT2D eigenvalue weighted by molar-refractivity contribution is -0.189. The molecule has 1 heterocycles. The molecule has 26 heavy (non-hydrogen) atoms. The molecule has 0 fully saturated rings. The number of benzene rings is 2. The van der Waals surface area contributed by atoms with Crippen molar-refractivity contribution in [3.8, 4) is 5.88 Å². The van der Waals surface area contributed by atoms with Crippen molar-refractivity contribution in [1.29, 1.82) is 0 Å². The van der Waals surface area contributed by atoms with Crippen molar-refractivity contribution in [2.75, 3.05) is 5.32 Å². The van der Waals surface area contributed by atoms with E-state index >= 15 is 0 Å². The van der Waals surface area contributed by atoms with E-state index in [-0.39, 0.29) is 11.8 Å². The van der Waals surface area contributed by atoms with Crippen LogP contribution >= 0.6 is 0 Å². The fourth-order valence-corrected chi connectivity index (χ4v) is 2.25. The molecule has 8 heteroatoms. The number of rotatable bonds is 4. The maximum atomic E-state index is 12.7. The summed E-state index contributed by atoms with van der Waals surface area (Å²) >= 11 is 0. The van der Waals surface area contributed by atoms with Crippen LogP contribution in [0.25, 0.3) is 10.8 Å². The summed E-state index contributed by atoms with van der Waals surface area (Å²) in [4.78, 5) is 12.2. The third kappa shape index (κ3) is 3.90. The van der Waals surface area contributed by atoms with E-state index in [1.807, 2.05) is 0 Å². The van der Waals surface area contributed by atoms with Crippen LogP contribution in [0.1, 0.15) is 17.3 Å². The number of hydrogen-bond donors (Lipinski definition) is 1. The fourth-order valence-electron chi connectivity index (χ4n) is 2.25. The summed E-state index contributed by atoms with van der Waals surface area (Å²) in [6.45, 7) is 0.898. The van der Waals surface area contributed by atoms with Crippen molar-refractivity contribution < 1.29 is 22.7 Å². The van der Waals surface area contributed by atoms with Crippen molar-refractivity contribution in [2.45, 2.75) is 19.2 Å².